The lowest BCUT2D eigenvalue weighted by Gasteiger charge is -2.21. The van der Waals surface area contributed by atoms with E-state index in [0.29, 0.717) is 6.54 Å². The number of likely N-dealkylation sites (N-methyl/N-ethyl adjacent to an activating group) is 1. The van der Waals surface area contributed by atoms with E-state index in [1.54, 1.807) is 11.9 Å². The highest BCUT2D eigenvalue weighted by Crippen LogP contribution is 2.32. The summed E-state index contributed by atoms with van der Waals surface area (Å²) in [7, 11) is 1.68. The molecule has 1 aliphatic rings. The van der Waals surface area contributed by atoms with Crippen molar-refractivity contribution in [2.75, 3.05) is 20.1 Å². The highest BCUT2D eigenvalue weighted by molar-refractivity contribution is 5.00. The summed E-state index contributed by atoms with van der Waals surface area (Å²) in [5.41, 5.74) is 5.57. The van der Waals surface area contributed by atoms with Gasteiger partial charge in [-0.05, 0) is 19.9 Å². The maximum absolute atomic E-state index is 11.8. The van der Waals surface area contributed by atoms with E-state index in [9.17, 15) is 13.2 Å². The van der Waals surface area contributed by atoms with Crippen molar-refractivity contribution >= 4 is 0 Å². The van der Waals surface area contributed by atoms with E-state index >= 15 is 0 Å². The Bertz CT molecular complexity index is 175. The number of hydrogen-bond acceptors (Lipinski definition) is 2. The fraction of sp³-hybridized carbons (Fsp3) is 1.00. The molecule has 0 saturated heterocycles. The Morgan fingerprint density at radius 3 is 2.31 bits per heavy atom. The van der Waals surface area contributed by atoms with Crippen LogP contribution in [0.1, 0.15) is 19.3 Å². The van der Waals surface area contributed by atoms with Gasteiger partial charge in [0.1, 0.15) is 0 Å². The molecule has 5 heteroatoms. The van der Waals surface area contributed by atoms with Crippen molar-refractivity contribution in [2.45, 2.75) is 31.0 Å². The molecule has 0 radical (unpaired) electrons. The Balaban J connectivity index is 2.14. The molecule has 13 heavy (non-hydrogen) atoms. The summed E-state index contributed by atoms with van der Waals surface area (Å²) >= 11 is 0. The highest BCUT2D eigenvalue weighted by Gasteiger charge is 2.39. The molecule has 0 heterocycles. The third kappa shape index (κ3) is 4.47. The van der Waals surface area contributed by atoms with Crippen molar-refractivity contribution in [1.82, 2.24) is 4.90 Å². The number of nitrogens with zero attached hydrogens (tertiary/aromatic N) is 1. The van der Waals surface area contributed by atoms with Crippen molar-refractivity contribution < 1.29 is 13.2 Å². The van der Waals surface area contributed by atoms with Crippen LogP contribution in [0.3, 0.4) is 0 Å². The van der Waals surface area contributed by atoms with Gasteiger partial charge in [0.05, 0.1) is 6.42 Å². The molecule has 2 N–H and O–H groups in total. The van der Waals surface area contributed by atoms with Gasteiger partial charge in [-0.25, -0.2) is 0 Å². The molecular formula is C8H15F3N2. The maximum atomic E-state index is 11.8. The number of hydrogen-bond donors (Lipinski definition) is 1. The zero-order valence-electron chi connectivity index (χ0n) is 7.69. The van der Waals surface area contributed by atoms with Gasteiger partial charge in [-0.3, -0.25) is 0 Å². The minimum atomic E-state index is -4.06. The third-order valence-corrected chi connectivity index (χ3v) is 2.25. The number of alkyl halides is 3. The lowest BCUT2D eigenvalue weighted by molar-refractivity contribution is -0.137. The zero-order chi connectivity index (χ0) is 10.1. The normalized spacial score (nSPS) is 20.8. The molecule has 1 fully saturated rings. The SMILES string of the molecule is CN(CCC(F)(F)F)CC1(N)CC1. The van der Waals surface area contributed by atoms with Crippen LogP contribution in [0.5, 0.6) is 0 Å². The number of halogens is 3. The first-order chi connectivity index (χ1) is 5.81. The highest BCUT2D eigenvalue weighted by atomic mass is 19.4. The molecule has 0 atom stereocenters. The van der Waals surface area contributed by atoms with Gasteiger partial charge in [0.15, 0.2) is 0 Å². The Hall–Kier alpha value is -0.290. The Morgan fingerprint density at radius 1 is 1.38 bits per heavy atom. The quantitative estimate of drug-likeness (QED) is 0.735. The van der Waals surface area contributed by atoms with Crippen LogP contribution in [0, 0.1) is 0 Å². The van der Waals surface area contributed by atoms with Gasteiger partial charge in [-0.15, -0.1) is 0 Å². The molecule has 0 unspecified atom stereocenters. The summed E-state index contributed by atoms with van der Waals surface area (Å²) in [4.78, 5) is 1.65. The largest absolute Gasteiger partial charge is 0.390 e. The average Bonchev–Trinajstić information content (AvgIpc) is 2.62. The van der Waals surface area contributed by atoms with Crippen molar-refractivity contribution in [3.8, 4) is 0 Å². The smallest absolute Gasteiger partial charge is 0.324 e. The maximum Gasteiger partial charge on any atom is 0.390 e. The van der Waals surface area contributed by atoms with Crippen LogP contribution in [0.25, 0.3) is 0 Å². The zero-order valence-corrected chi connectivity index (χ0v) is 7.69. The first-order valence-corrected chi connectivity index (χ1v) is 4.35. The monoisotopic (exact) mass is 196 g/mol. The van der Waals surface area contributed by atoms with E-state index in [4.69, 9.17) is 5.73 Å². The number of rotatable bonds is 4. The Morgan fingerprint density at radius 2 is 1.92 bits per heavy atom. The Kier molecular flexibility index (Phi) is 2.87. The van der Waals surface area contributed by atoms with Crippen molar-refractivity contribution in [3.05, 3.63) is 0 Å². The molecule has 0 bridgehead atoms. The van der Waals surface area contributed by atoms with Crippen LogP contribution >= 0.6 is 0 Å². The van der Waals surface area contributed by atoms with E-state index in [1.807, 2.05) is 0 Å². The second kappa shape index (κ2) is 3.46. The molecule has 2 nitrogen and oxygen atoms in total. The van der Waals surface area contributed by atoms with Gasteiger partial charge in [0, 0.05) is 18.6 Å². The predicted octanol–water partition coefficient (Wildman–Crippen LogP) is 1.36. The molecule has 1 saturated carbocycles. The van der Waals surface area contributed by atoms with Crippen LogP contribution in [0.2, 0.25) is 0 Å². The van der Waals surface area contributed by atoms with Crippen molar-refractivity contribution in [2.24, 2.45) is 5.73 Å². The van der Waals surface area contributed by atoms with E-state index in [0.717, 1.165) is 12.8 Å². The topological polar surface area (TPSA) is 29.3 Å². The summed E-state index contributed by atoms with van der Waals surface area (Å²) in [6.07, 6.45) is -2.94. The van der Waals surface area contributed by atoms with Crippen LogP contribution in [0.4, 0.5) is 13.2 Å². The summed E-state index contributed by atoms with van der Waals surface area (Å²) in [5, 5.41) is 0. The van der Waals surface area contributed by atoms with E-state index in [2.05, 4.69) is 0 Å². The third-order valence-electron chi connectivity index (χ3n) is 2.25. The Labute approximate surface area is 75.9 Å². The molecule has 0 aromatic carbocycles. The van der Waals surface area contributed by atoms with Gasteiger partial charge < -0.3 is 10.6 Å². The fourth-order valence-electron chi connectivity index (χ4n) is 1.25. The molecular weight excluding hydrogens is 181 g/mol. The fourth-order valence-corrected chi connectivity index (χ4v) is 1.25. The average molecular weight is 196 g/mol. The van der Waals surface area contributed by atoms with Gasteiger partial charge >= 0.3 is 6.18 Å². The van der Waals surface area contributed by atoms with Crippen molar-refractivity contribution in [1.29, 1.82) is 0 Å². The first-order valence-electron chi connectivity index (χ1n) is 4.35. The summed E-state index contributed by atoms with van der Waals surface area (Å²) in [6, 6.07) is 0. The molecule has 0 spiro atoms. The van der Waals surface area contributed by atoms with Gasteiger partial charge in [-0.1, -0.05) is 0 Å². The van der Waals surface area contributed by atoms with Crippen LogP contribution in [-0.4, -0.2) is 36.8 Å². The van der Waals surface area contributed by atoms with Gasteiger partial charge in [0.25, 0.3) is 0 Å². The summed E-state index contributed by atoms with van der Waals surface area (Å²) in [6.45, 7) is 0.617. The molecule has 0 aliphatic heterocycles. The van der Waals surface area contributed by atoms with Crippen LogP contribution < -0.4 is 5.73 Å². The lowest BCUT2D eigenvalue weighted by Crippen LogP contribution is -2.38. The molecule has 78 valence electrons. The summed E-state index contributed by atoms with van der Waals surface area (Å²) < 4.78 is 35.4. The molecule has 1 aliphatic carbocycles. The number of nitrogens with two attached hydrogens (primary N) is 1. The molecule has 0 aromatic rings. The van der Waals surface area contributed by atoms with Gasteiger partial charge in [0.2, 0.25) is 0 Å². The minimum absolute atomic E-state index is 0.0441. The summed E-state index contributed by atoms with van der Waals surface area (Å²) in [5.74, 6) is 0. The van der Waals surface area contributed by atoms with E-state index in [1.165, 1.54) is 0 Å². The molecule has 1 rings (SSSR count). The van der Waals surface area contributed by atoms with Crippen molar-refractivity contribution in [3.63, 3.8) is 0 Å². The minimum Gasteiger partial charge on any atom is -0.324 e. The molecule has 0 aromatic heterocycles. The predicted molar refractivity (Wildman–Crippen MR) is 44.3 cm³/mol. The van der Waals surface area contributed by atoms with Crippen LogP contribution in [0.15, 0.2) is 0 Å². The standard InChI is InChI=1S/C8H15F3N2/c1-13(5-4-8(9,10)11)6-7(12)2-3-7/h2-6,12H2,1H3. The van der Waals surface area contributed by atoms with E-state index in [-0.39, 0.29) is 12.1 Å². The molecule has 0 amide bonds. The first kappa shape index (κ1) is 10.8. The van der Waals surface area contributed by atoms with Gasteiger partial charge in [-0.2, -0.15) is 13.2 Å². The second-order valence-electron chi connectivity index (χ2n) is 3.97. The second-order valence-corrected chi connectivity index (χ2v) is 3.97. The van der Waals surface area contributed by atoms with E-state index < -0.39 is 12.6 Å². The van der Waals surface area contributed by atoms with Crippen LogP contribution in [-0.2, 0) is 0 Å². The lowest BCUT2D eigenvalue weighted by atomic mass is 10.2.